The zero-order valence-electron chi connectivity index (χ0n) is 13.1. The van der Waals surface area contributed by atoms with Crippen molar-refractivity contribution in [2.24, 2.45) is 5.41 Å². The van der Waals surface area contributed by atoms with Gasteiger partial charge < -0.3 is 19.5 Å². The lowest BCUT2D eigenvalue weighted by Crippen LogP contribution is -2.46. The van der Waals surface area contributed by atoms with E-state index >= 15 is 0 Å². The van der Waals surface area contributed by atoms with Crippen molar-refractivity contribution in [3.8, 4) is 0 Å². The third kappa shape index (κ3) is 2.51. The number of hydrogen-bond acceptors (Lipinski definition) is 4. The molecule has 0 bridgehead atoms. The highest BCUT2D eigenvalue weighted by molar-refractivity contribution is 5.65. The van der Waals surface area contributed by atoms with Gasteiger partial charge in [0.1, 0.15) is 0 Å². The minimum absolute atomic E-state index is 0.0709. The second-order valence-corrected chi connectivity index (χ2v) is 7.64. The van der Waals surface area contributed by atoms with E-state index < -0.39 is 6.09 Å². The summed E-state index contributed by atoms with van der Waals surface area (Å²) in [6, 6.07) is 0.511. The smallest absolute Gasteiger partial charge is 0.407 e. The Morgan fingerprint density at radius 3 is 2.64 bits per heavy atom. The van der Waals surface area contributed by atoms with Crippen molar-refractivity contribution < 1.29 is 19.4 Å². The highest BCUT2D eigenvalue weighted by Gasteiger charge is 2.49. The highest BCUT2D eigenvalue weighted by atomic mass is 16.5. The van der Waals surface area contributed by atoms with Crippen molar-refractivity contribution in [2.75, 3.05) is 46.0 Å². The summed E-state index contributed by atoms with van der Waals surface area (Å²) < 4.78 is 11.8. The maximum atomic E-state index is 11.0. The van der Waals surface area contributed by atoms with Gasteiger partial charge in [-0.05, 0) is 38.6 Å². The summed E-state index contributed by atoms with van der Waals surface area (Å²) >= 11 is 0. The number of likely N-dealkylation sites (tertiary alicyclic amines) is 2. The van der Waals surface area contributed by atoms with E-state index in [0.717, 1.165) is 52.2 Å². The van der Waals surface area contributed by atoms with E-state index in [-0.39, 0.29) is 5.60 Å². The standard InChI is InChI=1S/C16H26N2O4/c19-14(20)17-6-2-16(3-7-17)9-13(10-22-16)18-5-1-15(11-18)4-8-21-12-15/h13H,1-12H2,(H,19,20). The molecule has 2 atom stereocenters. The molecule has 0 saturated carbocycles. The van der Waals surface area contributed by atoms with Crippen LogP contribution in [0.25, 0.3) is 0 Å². The van der Waals surface area contributed by atoms with Gasteiger partial charge in [0.15, 0.2) is 0 Å². The number of piperidine rings is 1. The monoisotopic (exact) mass is 310 g/mol. The molecule has 4 heterocycles. The maximum Gasteiger partial charge on any atom is 0.407 e. The molecule has 1 amide bonds. The van der Waals surface area contributed by atoms with Gasteiger partial charge in [-0.15, -0.1) is 0 Å². The van der Waals surface area contributed by atoms with Crippen LogP contribution in [0.4, 0.5) is 4.79 Å². The van der Waals surface area contributed by atoms with Crippen molar-refractivity contribution in [2.45, 2.75) is 43.7 Å². The Balaban J connectivity index is 1.34. The van der Waals surface area contributed by atoms with Crippen LogP contribution in [0, 0.1) is 5.41 Å². The molecule has 4 saturated heterocycles. The molecule has 0 aliphatic carbocycles. The molecule has 0 aromatic heterocycles. The fourth-order valence-corrected chi connectivity index (χ4v) is 4.76. The van der Waals surface area contributed by atoms with E-state index in [1.54, 1.807) is 0 Å². The fraction of sp³-hybridized carbons (Fsp3) is 0.938. The average molecular weight is 310 g/mol. The molecule has 124 valence electrons. The Labute approximate surface area is 131 Å². The summed E-state index contributed by atoms with van der Waals surface area (Å²) in [6.45, 7) is 6.19. The zero-order chi connectivity index (χ0) is 15.2. The van der Waals surface area contributed by atoms with Gasteiger partial charge in [-0.3, -0.25) is 4.90 Å². The predicted molar refractivity (Wildman–Crippen MR) is 80.0 cm³/mol. The van der Waals surface area contributed by atoms with Crippen LogP contribution in [0.2, 0.25) is 0 Å². The second kappa shape index (κ2) is 5.35. The molecule has 0 aromatic rings. The van der Waals surface area contributed by atoms with Crippen molar-refractivity contribution in [1.82, 2.24) is 9.80 Å². The van der Waals surface area contributed by atoms with Crippen LogP contribution in [0.5, 0.6) is 0 Å². The van der Waals surface area contributed by atoms with Gasteiger partial charge in [-0.2, -0.15) is 0 Å². The van der Waals surface area contributed by atoms with Gasteiger partial charge in [0.05, 0.1) is 18.8 Å². The Bertz CT molecular complexity index is 441. The first kappa shape index (κ1) is 14.7. The molecular formula is C16H26N2O4. The minimum atomic E-state index is -0.799. The van der Waals surface area contributed by atoms with E-state index in [2.05, 4.69) is 4.90 Å². The van der Waals surface area contributed by atoms with E-state index in [1.165, 1.54) is 17.7 Å². The number of carboxylic acid groups (broad SMARTS) is 1. The molecule has 6 heteroatoms. The molecule has 2 unspecified atom stereocenters. The van der Waals surface area contributed by atoms with Crippen molar-refractivity contribution in [1.29, 1.82) is 0 Å². The van der Waals surface area contributed by atoms with Crippen LogP contribution in [0.15, 0.2) is 0 Å². The number of rotatable bonds is 1. The lowest BCUT2D eigenvalue weighted by molar-refractivity contribution is -0.0399. The average Bonchev–Trinajstić information content (AvgIpc) is 3.22. The van der Waals surface area contributed by atoms with Crippen LogP contribution >= 0.6 is 0 Å². The lowest BCUT2D eigenvalue weighted by atomic mass is 9.86. The summed E-state index contributed by atoms with van der Waals surface area (Å²) in [5.41, 5.74) is 0.334. The Hall–Kier alpha value is -0.850. The summed E-state index contributed by atoms with van der Waals surface area (Å²) in [5.74, 6) is 0. The predicted octanol–water partition coefficient (Wildman–Crippen LogP) is 1.40. The number of amides is 1. The van der Waals surface area contributed by atoms with Gasteiger partial charge in [0.25, 0.3) is 0 Å². The molecule has 6 nitrogen and oxygen atoms in total. The van der Waals surface area contributed by atoms with Crippen molar-refractivity contribution in [3.05, 3.63) is 0 Å². The summed E-state index contributed by atoms with van der Waals surface area (Å²) in [7, 11) is 0. The summed E-state index contributed by atoms with van der Waals surface area (Å²) in [5, 5.41) is 9.08. The molecular weight excluding hydrogens is 284 g/mol. The van der Waals surface area contributed by atoms with Gasteiger partial charge in [0.2, 0.25) is 0 Å². The first-order chi connectivity index (χ1) is 10.6. The molecule has 0 radical (unpaired) electrons. The van der Waals surface area contributed by atoms with E-state index in [0.29, 0.717) is 24.5 Å². The molecule has 22 heavy (non-hydrogen) atoms. The topological polar surface area (TPSA) is 62.2 Å². The minimum Gasteiger partial charge on any atom is -0.465 e. The van der Waals surface area contributed by atoms with Gasteiger partial charge in [-0.25, -0.2) is 4.79 Å². The number of carbonyl (C=O) groups is 1. The Morgan fingerprint density at radius 2 is 1.95 bits per heavy atom. The largest absolute Gasteiger partial charge is 0.465 e. The van der Waals surface area contributed by atoms with Crippen molar-refractivity contribution >= 4 is 6.09 Å². The molecule has 4 rings (SSSR count). The maximum absolute atomic E-state index is 11.0. The molecule has 4 fully saturated rings. The Kier molecular flexibility index (Phi) is 3.58. The summed E-state index contributed by atoms with van der Waals surface area (Å²) in [4.78, 5) is 15.2. The second-order valence-electron chi connectivity index (χ2n) is 7.64. The molecule has 4 aliphatic rings. The summed E-state index contributed by atoms with van der Waals surface area (Å²) in [6.07, 6.45) is 4.42. The van der Waals surface area contributed by atoms with Crippen LogP contribution in [-0.4, -0.2) is 78.6 Å². The van der Waals surface area contributed by atoms with Crippen molar-refractivity contribution in [3.63, 3.8) is 0 Å². The molecule has 0 aromatic carbocycles. The third-order valence-electron chi connectivity index (χ3n) is 6.30. The number of nitrogens with zero attached hydrogens (tertiary/aromatic N) is 2. The molecule has 1 N–H and O–H groups in total. The molecule has 2 spiro atoms. The number of ether oxygens (including phenoxy) is 2. The van der Waals surface area contributed by atoms with Gasteiger partial charge in [-0.1, -0.05) is 0 Å². The van der Waals surface area contributed by atoms with E-state index in [4.69, 9.17) is 14.6 Å². The van der Waals surface area contributed by atoms with Crippen LogP contribution in [0.1, 0.15) is 32.1 Å². The highest BCUT2D eigenvalue weighted by Crippen LogP contribution is 2.43. The van der Waals surface area contributed by atoms with Gasteiger partial charge in [0, 0.05) is 37.7 Å². The fourth-order valence-electron chi connectivity index (χ4n) is 4.76. The number of hydrogen-bond donors (Lipinski definition) is 1. The Morgan fingerprint density at radius 1 is 1.14 bits per heavy atom. The quantitative estimate of drug-likeness (QED) is 0.793. The van der Waals surface area contributed by atoms with E-state index in [9.17, 15) is 4.79 Å². The SMILES string of the molecule is O=C(O)N1CCC2(CC1)CC(N1CCC3(CCOC3)C1)CO2. The first-order valence-electron chi connectivity index (χ1n) is 8.54. The zero-order valence-corrected chi connectivity index (χ0v) is 13.1. The van der Waals surface area contributed by atoms with Crippen LogP contribution in [-0.2, 0) is 9.47 Å². The normalized spacial score (nSPS) is 38.4. The van der Waals surface area contributed by atoms with Crippen LogP contribution in [0.3, 0.4) is 0 Å². The lowest BCUT2D eigenvalue weighted by Gasteiger charge is -2.37. The van der Waals surface area contributed by atoms with Crippen LogP contribution < -0.4 is 0 Å². The molecule has 4 aliphatic heterocycles. The van der Waals surface area contributed by atoms with E-state index in [1.807, 2.05) is 0 Å². The third-order valence-corrected chi connectivity index (χ3v) is 6.30. The first-order valence-corrected chi connectivity index (χ1v) is 8.54. The van der Waals surface area contributed by atoms with Gasteiger partial charge >= 0.3 is 6.09 Å².